The van der Waals surface area contributed by atoms with Gasteiger partial charge in [0.1, 0.15) is 5.75 Å². The number of carboxylic acids is 1. The minimum atomic E-state index is -0.772. The molecular weight excluding hydrogens is 334 g/mol. The van der Waals surface area contributed by atoms with Crippen LogP contribution >= 0.6 is 0 Å². The minimum absolute atomic E-state index is 0.0221. The summed E-state index contributed by atoms with van der Waals surface area (Å²) in [5.41, 5.74) is 1.15. The number of ether oxygens (including phenoxy) is 2. The summed E-state index contributed by atoms with van der Waals surface area (Å²) in [4.78, 5) is 25.8. The van der Waals surface area contributed by atoms with E-state index in [2.05, 4.69) is 0 Å². The number of aliphatic carboxylic acids is 1. The zero-order valence-electron chi connectivity index (χ0n) is 15.4. The van der Waals surface area contributed by atoms with Crippen LogP contribution in [0.25, 0.3) is 0 Å². The number of carboxylic acid groups (broad SMARTS) is 1. The fourth-order valence-electron chi connectivity index (χ4n) is 3.92. The molecule has 0 spiro atoms. The first-order valence-electron chi connectivity index (χ1n) is 9.32. The highest BCUT2D eigenvalue weighted by Gasteiger charge is 2.41. The lowest BCUT2D eigenvalue weighted by Gasteiger charge is -2.36. The summed E-state index contributed by atoms with van der Waals surface area (Å²) in [7, 11) is 0. The van der Waals surface area contributed by atoms with Crippen molar-refractivity contribution in [1.82, 2.24) is 4.90 Å². The van der Waals surface area contributed by atoms with Crippen LogP contribution in [-0.4, -0.2) is 53.8 Å². The summed E-state index contributed by atoms with van der Waals surface area (Å²) in [5, 5.41) is 9.32. The first-order chi connectivity index (χ1) is 12.5. The molecule has 2 aliphatic rings. The van der Waals surface area contributed by atoms with Gasteiger partial charge in [0.05, 0.1) is 12.0 Å². The molecule has 3 atom stereocenters. The SMILES string of the molecule is Cc1ccc(OC(C)C(=O)N2CCC([C@@H]3OCCC3C(=O)O)CC2)cc1. The van der Waals surface area contributed by atoms with Crippen molar-refractivity contribution in [3.8, 4) is 5.75 Å². The largest absolute Gasteiger partial charge is 0.481 e. The lowest BCUT2D eigenvalue weighted by molar-refractivity contribution is -0.146. The standard InChI is InChI=1S/C20H27NO5/c1-13-3-5-16(6-4-13)26-14(2)19(22)21-10-7-15(8-11-21)18-17(20(23)24)9-12-25-18/h3-6,14-15,17-18H,7-12H2,1-2H3,(H,23,24)/t14?,17?,18-/m0/s1. The third kappa shape index (κ3) is 4.18. The molecular formula is C20H27NO5. The smallest absolute Gasteiger partial charge is 0.309 e. The van der Waals surface area contributed by atoms with Crippen LogP contribution in [-0.2, 0) is 14.3 Å². The van der Waals surface area contributed by atoms with Gasteiger partial charge in [0.2, 0.25) is 0 Å². The van der Waals surface area contributed by atoms with Gasteiger partial charge in [0.25, 0.3) is 5.91 Å². The molecule has 0 bridgehead atoms. The van der Waals surface area contributed by atoms with Crippen LogP contribution in [0, 0.1) is 18.8 Å². The summed E-state index contributed by atoms with van der Waals surface area (Å²) < 4.78 is 11.5. The van der Waals surface area contributed by atoms with Crippen LogP contribution in [0.4, 0.5) is 0 Å². The molecule has 2 saturated heterocycles. The molecule has 2 unspecified atom stereocenters. The average Bonchev–Trinajstić information content (AvgIpc) is 3.13. The number of carbonyl (C=O) groups excluding carboxylic acids is 1. The number of nitrogens with zero attached hydrogens (tertiary/aromatic N) is 1. The maximum Gasteiger partial charge on any atom is 0.309 e. The second-order valence-electron chi connectivity index (χ2n) is 7.30. The Morgan fingerprint density at radius 2 is 1.85 bits per heavy atom. The van der Waals surface area contributed by atoms with E-state index >= 15 is 0 Å². The van der Waals surface area contributed by atoms with Gasteiger partial charge in [-0.15, -0.1) is 0 Å². The van der Waals surface area contributed by atoms with Crippen LogP contribution in [0.1, 0.15) is 31.7 Å². The van der Waals surface area contributed by atoms with E-state index in [-0.39, 0.29) is 17.9 Å². The molecule has 2 heterocycles. The van der Waals surface area contributed by atoms with Crippen molar-refractivity contribution < 1.29 is 24.2 Å². The Kier molecular flexibility index (Phi) is 5.81. The Hall–Kier alpha value is -2.08. The van der Waals surface area contributed by atoms with Crippen LogP contribution in [0.3, 0.4) is 0 Å². The highest BCUT2D eigenvalue weighted by Crippen LogP contribution is 2.33. The van der Waals surface area contributed by atoms with E-state index in [4.69, 9.17) is 9.47 Å². The zero-order valence-corrected chi connectivity index (χ0v) is 15.4. The summed E-state index contributed by atoms with van der Waals surface area (Å²) >= 11 is 0. The third-order valence-electron chi connectivity index (χ3n) is 5.45. The van der Waals surface area contributed by atoms with E-state index in [1.54, 1.807) is 6.92 Å². The van der Waals surface area contributed by atoms with E-state index in [0.717, 1.165) is 18.4 Å². The molecule has 142 valence electrons. The number of amides is 1. The molecule has 0 saturated carbocycles. The van der Waals surface area contributed by atoms with Crippen LogP contribution in [0.5, 0.6) is 5.75 Å². The first-order valence-corrected chi connectivity index (χ1v) is 9.32. The molecule has 2 aliphatic heterocycles. The Morgan fingerprint density at radius 3 is 2.46 bits per heavy atom. The topological polar surface area (TPSA) is 76.1 Å². The van der Waals surface area contributed by atoms with Crippen molar-refractivity contribution in [2.45, 2.75) is 45.3 Å². The third-order valence-corrected chi connectivity index (χ3v) is 5.45. The Bertz CT molecular complexity index is 636. The highest BCUT2D eigenvalue weighted by atomic mass is 16.5. The molecule has 0 radical (unpaired) electrons. The molecule has 2 fully saturated rings. The Balaban J connectivity index is 1.51. The first kappa shape index (κ1) is 18.7. The van der Waals surface area contributed by atoms with Gasteiger partial charge >= 0.3 is 5.97 Å². The zero-order chi connectivity index (χ0) is 18.7. The highest BCUT2D eigenvalue weighted by molar-refractivity contribution is 5.81. The predicted octanol–water partition coefficient (Wildman–Crippen LogP) is 2.49. The molecule has 0 aliphatic carbocycles. The molecule has 1 aromatic rings. The maximum absolute atomic E-state index is 12.6. The van der Waals surface area contributed by atoms with Crippen LogP contribution < -0.4 is 4.74 Å². The van der Waals surface area contributed by atoms with E-state index in [1.807, 2.05) is 36.1 Å². The number of likely N-dealkylation sites (tertiary alicyclic amines) is 1. The van der Waals surface area contributed by atoms with Crippen molar-refractivity contribution in [2.75, 3.05) is 19.7 Å². The van der Waals surface area contributed by atoms with Gasteiger partial charge in [-0.1, -0.05) is 17.7 Å². The number of hydrogen-bond acceptors (Lipinski definition) is 4. The van der Waals surface area contributed by atoms with E-state index in [0.29, 0.717) is 31.9 Å². The number of hydrogen-bond donors (Lipinski definition) is 1. The molecule has 6 nitrogen and oxygen atoms in total. The summed E-state index contributed by atoms with van der Waals surface area (Å²) in [6, 6.07) is 7.65. The molecule has 3 rings (SSSR count). The van der Waals surface area contributed by atoms with Gasteiger partial charge in [0.15, 0.2) is 6.10 Å². The number of rotatable bonds is 5. The predicted molar refractivity (Wildman–Crippen MR) is 96.1 cm³/mol. The van der Waals surface area contributed by atoms with Crippen molar-refractivity contribution >= 4 is 11.9 Å². The lowest BCUT2D eigenvalue weighted by Crippen LogP contribution is -2.47. The molecule has 1 amide bonds. The normalized spacial score (nSPS) is 25.1. The maximum atomic E-state index is 12.6. The minimum Gasteiger partial charge on any atom is -0.481 e. The molecule has 6 heteroatoms. The van der Waals surface area contributed by atoms with E-state index < -0.39 is 18.0 Å². The summed E-state index contributed by atoms with van der Waals surface area (Å²) in [6.07, 6.45) is 1.38. The Morgan fingerprint density at radius 1 is 1.19 bits per heavy atom. The van der Waals surface area contributed by atoms with Crippen LogP contribution in [0.15, 0.2) is 24.3 Å². The molecule has 26 heavy (non-hydrogen) atoms. The second kappa shape index (κ2) is 8.08. The molecule has 0 aromatic heterocycles. The van der Waals surface area contributed by atoms with Crippen molar-refractivity contribution in [3.05, 3.63) is 29.8 Å². The van der Waals surface area contributed by atoms with E-state index in [9.17, 15) is 14.7 Å². The van der Waals surface area contributed by atoms with Crippen molar-refractivity contribution in [3.63, 3.8) is 0 Å². The van der Waals surface area contributed by atoms with Crippen molar-refractivity contribution in [2.24, 2.45) is 11.8 Å². The second-order valence-corrected chi connectivity index (χ2v) is 7.30. The summed E-state index contributed by atoms with van der Waals surface area (Å²) in [5.74, 6) is -0.311. The number of benzene rings is 1. The number of piperidine rings is 1. The van der Waals surface area contributed by atoms with E-state index in [1.165, 1.54) is 0 Å². The number of aryl methyl sites for hydroxylation is 1. The molecule has 1 aromatic carbocycles. The van der Waals surface area contributed by atoms with Gasteiger partial charge in [-0.25, -0.2) is 0 Å². The van der Waals surface area contributed by atoms with Gasteiger partial charge in [-0.3, -0.25) is 9.59 Å². The van der Waals surface area contributed by atoms with Gasteiger partial charge in [0, 0.05) is 19.7 Å². The van der Waals surface area contributed by atoms with Gasteiger partial charge < -0.3 is 19.5 Å². The van der Waals surface area contributed by atoms with Gasteiger partial charge in [-0.2, -0.15) is 0 Å². The number of carbonyl (C=O) groups is 2. The summed E-state index contributed by atoms with van der Waals surface area (Å²) in [6.45, 7) is 5.54. The van der Waals surface area contributed by atoms with Crippen LogP contribution in [0.2, 0.25) is 0 Å². The Labute approximate surface area is 154 Å². The fourth-order valence-corrected chi connectivity index (χ4v) is 3.92. The fraction of sp³-hybridized carbons (Fsp3) is 0.600. The van der Waals surface area contributed by atoms with Crippen molar-refractivity contribution in [1.29, 1.82) is 0 Å². The quantitative estimate of drug-likeness (QED) is 0.872. The molecule has 1 N–H and O–H groups in total. The average molecular weight is 361 g/mol. The monoisotopic (exact) mass is 361 g/mol. The van der Waals surface area contributed by atoms with Gasteiger partial charge in [-0.05, 0) is 51.2 Å². The lowest BCUT2D eigenvalue weighted by atomic mass is 9.84.